The van der Waals surface area contributed by atoms with Gasteiger partial charge in [-0.25, -0.2) is 0 Å². The maximum atomic E-state index is 12.9. The number of carboxylic acids is 1. The Balaban J connectivity index is 1.65. The van der Waals surface area contributed by atoms with Crippen LogP contribution < -0.4 is 0 Å². The van der Waals surface area contributed by atoms with Gasteiger partial charge in [0.2, 0.25) is 0 Å². The quantitative estimate of drug-likeness (QED) is 0.848. The van der Waals surface area contributed by atoms with Gasteiger partial charge >= 0.3 is 5.97 Å². The summed E-state index contributed by atoms with van der Waals surface area (Å²) >= 11 is 0. The van der Waals surface area contributed by atoms with Crippen LogP contribution in [0.4, 0.5) is 0 Å². The van der Waals surface area contributed by atoms with Gasteiger partial charge < -0.3 is 10.0 Å². The van der Waals surface area contributed by atoms with E-state index in [-0.39, 0.29) is 18.2 Å². The smallest absolute Gasteiger partial charge is 0.309 e. The van der Waals surface area contributed by atoms with E-state index in [1.807, 2.05) is 36.4 Å². The summed E-state index contributed by atoms with van der Waals surface area (Å²) < 4.78 is 1.86. The molecule has 1 aliphatic heterocycles. The zero-order chi connectivity index (χ0) is 18.8. The number of aliphatic carboxylic acids is 1. The Bertz CT molecular complexity index is 815. The molecule has 1 saturated heterocycles. The summed E-state index contributed by atoms with van der Waals surface area (Å²) in [5.41, 5.74) is 3.92. The predicted molar refractivity (Wildman–Crippen MR) is 95.2 cm³/mol. The van der Waals surface area contributed by atoms with Crippen LogP contribution in [0.2, 0.25) is 0 Å². The largest absolute Gasteiger partial charge is 0.481 e. The number of aromatic amines is 1. The number of hydrogen-bond acceptors (Lipinski definition) is 4. The summed E-state index contributed by atoms with van der Waals surface area (Å²) in [7, 11) is 0. The lowest BCUT2D eigenvalue weighted by Crippen LogP contribution is -2.38. The van der Waals surface area contributed by atoms with Crippen molar-refractivity contribution in [3.63, 3.8) is 0 Å². The second-order valence-corrected chi connectivity index (χ2v) is 6.82. The van der Waals surface area contributed by atoms with Crippen LogP contribution in [0.3, 0.4) is 0 Å². The van der Waals surface area contributed by atoms with Crippen LogP contribution >= 0.6 is 0 Å². The zero-order valence-electron chi connectivity index (χ0n) is 15.4. The summed E-state index contributed by atoms with van der Waals surface area (Å²) in [6.45, 7) is 7.92. The molecule has 0 aromatic carbocycles. The zero-order valence-corrected chi connectivity index (χ0v) is 15.4. The molecule has 0 saturated carbocycles. The van der Waals surface area contributed by atoms with Crippen LogP contribution in [-0.4, -0.2) is 55.0 Å². The summed E-state index contributed by atoms with van der Waals surface area (Å²) in [5, 5.41) is 20.4. The monoisotopic (exact) mass is 359 g/mol. The third-order valence-electron chi connectivity index (χ3n) is 5.09. The molecule has 1 fully saturated rings. The Labute approximate surface area is 152 Å². The van der Waals surface area contributed by atoms with E-state index in [2.05, 4.69) is 15.3 Å². The topological polar surface area (TPSA) is 104 Å². The fourth-order valence-corrected chi connectivity index (χ4v) is 3.69. The van der Waals surface area contributed by atoms with E-state index in [1.54, 1.807) is 0 Å². The molecular formula is C18H25N5O3. The number of nitrogens with one attached hydrogen (secondary N) is 1. The lowest BCUT2D eigenvalue weighted by molar-refractivity contribution is -0.136. The third kappa shape index (κ3) is 3.49. The fraction of sp³-hybridized carbons (Fsp3) is 0.556. The standard InChI is InChI=1S/C18H25N5O3/c1-4-23-12(3)17(11(2)21-23)18(26)22-7-5-13(6-8-22)15-9-14(19-20-15)10-16(24)25/h9,13H,4-8,10H2,1-3H3,(H,19,20)(H,24,25). The number of amides is 1. The van der Waals surface area contributed by atoms with Gasteiger partial charge in [-0.05, 0) is 39.7 Å². The molecule has 0 unspecified atom stereocenters. The first-order valence-electron chi connectivity index (χ1n) is 9.00. The van der Waals surface area contributed by atoms with Crippen LogP contribution in [0.5, 0.6) is 0 Å². The van der Waals surface area contributed by atoms with Crippen molar-refractivity contribution >= 4 is 11.9 Å². The number of carboxylic acid groups (broad SMARTS) is 1. The molecule has 140 valence electrons. The van der Waals surface area contributed by atoms with Crippen molar-refractivity contribution in [3.8, 4) is 0 Å². The summed E-state index contributed by atoms with van der Waals surface area (Å²) in [5.74, 6) is -0.580. The van der Waals surface area contributed by atoms with Gasteiger partial charge in [-0.1, -0.05) is 0 Å². The molecule has 2 aromatic rings. The van der Waals surface area contributed by atoms with Crippen molar-refractivity contribution in [3.05, 3.63) is 34.4 Å². The maximum absolute atomic E-state index is 12.9. The molecule has 0 radical (unpaired) electrons. The lowest BCUT2D eigenvalue weighted by Gasteiger charge is -2.31. The number of rotatable bonds is 5. The Morgan fingerprint density at radius 2 is 2.00 bits per heavy atom. The Hall–Kier alpha value is -2.64. The number of nitrogens with zero attached hydrogens (tertiary/aromatic N) is 4. The molecule has 3 heterocycles. The Morgan fingerprint density at radius 3 is 2.58 bits per heavy atom. The van der Waals surface area contributed by atoms with Crippen molar-refractivity contribution in [2.24, 2.45) is 0 Å². The molecule has 0 spiro atoms. The van der Waals surface area contributed by atoms with Gasteiger partial charge in [0.05, 0.1) is 23.4 Å². The average Bonchev–Trinajstić information content (AvgIpc) is 3.18. The van der Waals surface area contributed by atoms with E-state index in [9.17, 15) is 9.59 Å². The van der Waals surface area contributed by atoms with Crippen molar-refractivity contribution < 1.29 is 14.7 Å². The molecule has 3 rings (SSSR count). The van der Waals surface area contributed by atoms with Gasteiger partial charge in [-0.2, -0.15) is 10.2 Å². The summed E-state index contributed by atoms with van der Waals surface area (Å²) in [6, 6.07) is 1.83. The first kappa shape index (κ1) is 18.2. The summed E-state index contributed by atoms with van der Waals surface area (Å²) in [6.07, 6.45) is 1.59. The van der Waals surface area contributed by atoms with Crippen LogP contribution in [-0.2, 0) is 17.8 Å². The normalized spacial score (nSPS) is 15.4. The van der Waals surface area contributed by atoms with E-state index >= 15 is 0 Å². The van der Waals surface area contributed by atoms with Crippen LogP contribution in [0.25, 0.3) is 0 Å². The van der Waals surface area contributed by atoms with E-state index in [4.69, 9.17) is 5.11 Å². The van der Waals surface area contributed by atoms with Gasteiger partial charge in [-0.15, -0.1) is 0 Å². The van der Waals surface area contributed by atoms with Crippen LogP contribution in [0, 0.1) is 13.8 Å². The van der Waals surface area contributed by atoms with Crippen molar-refractivity contribution in [1.29, 1.82) is 0 Å². The fourth-order valence-electron chi connectivity index (χ4n) is 3.69. The number of likely N-dealkylation sites (tertiary alicyclic amines) is 1. The van der Waals surface area contributed by atoms with Gasteiger partial charge in [0.25, 0.3) is 5.91 Å². The Kier molecular flexibility index (Phi) is 5.11. The minimum atomic E-state index is -0.876. The van der Waals surface area contributed by atoms with E-state index in [1.165, 1.54) is 0 Å². The highest BCUT2D eigenvalue weighted by molar-refractivity contribution is 5.96. The number of aromatic nitrogens is 4. The van der Waals surface area contributed by atoms with Crippen molar-refractivity contribution in [2.45, 2.75) is 52.5 Å². The van der Waals surface area contributed by atoms with E-state index in [0.29, 0.717) is 24.3 Å². The van der Waals surface area contributed by atoms with Gasteiger partial charge in [0, 0.05) is 36.9 Å². The molecule has 1 amide bonds. The van der Waals surface area contributed by atoms with Crippen LogP contribution in [0.1, 0.15) is 58.8 Å². The highest BCUT2D eigenvalue weighted by atomic mass is 16.4. The first-order chi connectivity index (χ1) is 12.4. The number of piperidine rings is 1. The molecule has 0 atom stereocenters. The highest BCUT2D eigenvalue weighted by Crippen LogP contribution is 2.28. The Morgan fingerprint density at radius 1 is 1.31 bits per heavy atom. The molecule has 1 aliphatic rings. The number of H-pyrrole nitrogens is 1. The molecule has 8 heteroatoms. The highest BCUT2D eigenvalue weighted by Gasteiger charge is 2.29. The molecule has 8 nitrogen and oxygen atoms in total. The third-order valence-corrected chi connectivity index (χ3v) is 5.09. The molecule has 26 heavy (non-hydrogen) atoms. The van der Waals surface area contributed by atoms with Gasteiger partial charge in [-0.3, -0.25) is 19.4 Å². The summed E-state index contributed by atoms with van der Waals surface area (Å²) in [4.78, 5) is 25.6. The second-order valence-electron chi connectivity index (χ2n) is 6.82. The number of hydrogen-bond donors (Lipinski definition) is 2. The second kappa shape index (κ2) is 7.31. The molecule has 2 N–H and O–H groups in total. The van der Waals surface area contributed by atoms with E-state index < -0.39 is 5.97 Å². The maximum Gasteiger partial charge on any atom is 0.309 e. The van der Waals surface area contributed by atoms with Crippen LogP contribution in [0.15, 0.2) is 6.07 Å². The predicted octanol–water partition coefficient (Wildman–Crippen LogP) is 1.89. The number of aryl methyl sites for hydroxylation is 2. The molecular weight excluding hydrogens is 334 g/mol. The first-order valence-corrected chi connectivity index (χ1v) is 9.00. The number of carbonyl (C=O) groups excluding carboxylic acids is 1. The van der Waals surface area contributed by atoms with Gasteiger partial charge in [0.15, 0.2) is 0 Å². The van der Waals surface area contributed by atoms with Crippen molar-refractivity contribution in [1.82, 2.24) is 24.9 Å². The number of carbonyl (C=O) groups is 2. The average molecular weight is 359 g/mol. The molecule has 0 bridgehead atoms. The molecule has 0 aliphatic carbocycles. The minimum Gasteiger partial charge on any atom is -0.481 e. The lowest BCUT2D eigenvalue weighted by atomic mass is 9.93. The van der Waals surface area contributed by atoms with Crippen molar-refractivity contribution in [2.75, 3.05) is 13.1 Å². The SMILES string of the molecule is CCn1nc(C)c(C(=O)N2CCC(c3cc(CC(=O)O)[nH]n3)CC2)c1C. The van der Waals surface area contributed by atoms with E-state index in [0.717, 1.165) is 36.5 Å². The van der Waals surface area contributed by atoms with Gasteiger partial charge in [0.1, 0.15) is 0 Å². The molecule has 2 aromatic heterocycles. The minimum absolute atomic E-state index is 0.0479.